The first kappa shape index (κ1) is 51.2. The molecule has 0 spiro atoms. The predicted molar refractivity (Wildman–Crippen MR) is 194 cm³/mol. The summed E-state index contributed by atoms with van der Waals surface area (Å²) >= 11 is 0.149. The summed E-state index contributed by atoms with van der Waals surface area (Å²) in [6.45, 7) is 12.8. The molecule has 0 saturated heterocycles. The molecule has 0 aromatic carbocycles. The molecule has 0 N–H and O–H groups in total. The molecule has 0 bridgehead atoms. The number of hydrogen-bond donors (Lipinski definition) is 0. The van der Waals surface area contributed by atoms with Crippen LogP contribution in [0.25, 0.3) is 0 Å². The van der Waals surface area contributed by atoms with Crippen LogP contribution in [0.4, 0.5) is 0 Å². The Balaban J connectivity index is -0.000000256. The fraction of sp³-hybridized carbons (Fsp3) is 0.923. The van der Waals surface area contributed by atoms with Gasteiger partial charge in [0, 0.05) is 18.4 Å². The molecular formula is C39H78O5Sn. The number of carbonyl (C=O) groups is 3. The summed E-state index contributed by atoms with van der Waals surface area (Å²) in [5.41, 5.74) is 0. The summed E-state index contributed by atoms with van der Waals surface area (Å²) in [6.07, 6.45) is 32.4. The van der Waals surface area contributed by atoms with Crippen LogP contribution in [0.2, 0.25) is 8.87 Å². The van der Waals surface area contributed by atoms with E-state index in [4.69, 9.17) is 0 Å². The van der Waals surface area contributed by atoms with Crippen molar-refractivity contribution in [3.05, 3.63) is 0 Å². The molecule has 0 heterocycles. The molecule has 0 aromatic heterocycles. The summed E-state index contributed by atoms with van der Waals surface area (Å²) < 4.78 is 3.25. The zero-order chi connectivity index (χ0) is 34.7. The molecule has 0 atom stereocenters. The van der Waals surface area contributed by atoms with Crippen molar-refractivity contribution in [2.75, 3.05) is 0 Å². The summed E-state index contributed by atoms with van der Waals surface area (Å²) in [6, 6.07) is 0. The molecule has 45 heavy (non-hydrogen) atoms. The molecule has 268 valence electrons. The predicted octanol–water partition coefficient (Wildman–Crippen LogP) is 10.6. The number of hydrogen-bond acceptors (Lipinski definition) is 5. The second kappa shape index (κ2) is 50.3. The number of unbranched alkanes of at least 4 members (excludes halogenated alkanes) is 20. The van der Waals surface area contributed by atoms with Crippen LogP contribution in [0.5, 0.6) is 0 Å². The Bertz CT molecular complexity index is 530. The van der Waals surface area contributed by atoms with E-state index in [0.29, 0.717) is 5.78 Å². The van der Waals surface area contributed by atoms with E-state index in [1.807, 2.05) is 0 Å². The molecule has 0 aliphatic heterocycles. The van der Waals surface area contributed by atoms with Gasteiger partial charge in [-0.05, 0) is 39.0 Å². The van der Waals surface area contributed by atoms with E-state index in [1.54, 1.807) is 15.8 Å². The molecule has 0 aliphatic rings. The summed E-state index contributed by atoms with van der Waals surface area (Å²) in [5.74, 6) is -1.50. The van der Waals surface area contributed by atoms with Crippen LogP contribution in [-0.4, -0.2) is 38.9 Å². The Hall–Kier alpha value is -0.591. The van der Waals surface area contributed by atoms with Gasteiger partial charge < -0.3 is 24.6 Å². The van der Waals surface area contributed by atoms with Gasteiger partial charge in [-0.15, -0.1) is 0 Å². The SMILES string of the molecule is CCCCCC(C)=O.CCCCCCCCCCCC(=O)[O-].CCCCCCCCCCCC(=O)[O-].CCC[CH2][Sn+2][CH2]CCC. The van der Waals surface area contributed by atoms with Gasteiger partial charge in [-0.25, -0.2) is 0 Å². The number of Topliss-reactive ketones (excluding diaryl/α,β-unsaturated/α-hetero) is 1. The third-order valence-electron chi connectivity index (χ3n) is 7.52. The van der Waals surface area contributed by atoms with E-state index < -0.39 is 11.9 Å². The molecule has 0 fully saturated rings. The van der Waals surface area contributed by atoms with Crippen molar-refractivity contribution in [3.8, 4) is 0 Å². The number of ketones is 1. The number of carboxylic acid groups (broad SMARTS) is 2. The van der Waals surface area contributed by atoms with Crippen LogP contribution < -0.4 is 10.2 Å². The zero-order valence-electron chi connectivity index (χ0n) is 31.3. The Kier molecular flexibility index (Phi) is 57.2. The van der Waals surface area contributed by atoms with E-state index in [9.17, 15) is 24.6 Å². The molecule has 0 saturated carbocycles. The second-order valence-electron chi connectivity index (χ2n) is 12.5. The van der Waals surface area contributed by atoms with Gasteiger partial charge in [0.05, 0.1) is 0 Å². The van der Waals surface area contributed by atoms with Crippen molar-refractivity contribution in [2.24, 2.45) is 0 Å². The molecule has 0 radical (unpaired) electrons. The summed E-state index contributed by atoms with van der Waals surface area (Å²) in [5, 5.41) is 20.2. The number of carbonyl (C=O) groups excluding carboxylic acids is 3. The monoisotopic (exact) mass is 746 g/mol. The average molecular weight is 746 g/mol. The van der Waals surface area contributed by atoms with Gasteiger partial charge >= 0.3 is 69.5 Å². The first-order chi connectivity index (χ1) is 21.7. The van der Waals surface area contributed by atoms with Gasteiger partial charge in [0.2, 0.25) is 0 Å². The van der Waals surface area contributed by atoms with E-state index in [1.165, 1.54) is 128 Å². The van der Waals surface area contributed by atoms with Gasteiger partial charge in [0.1, 0.15) is 5.78 Å². The molecule has 0 aliphatic carbocycles. The zero-order valence-corrected chi connectivity index (χ0v) is 34.1. The maximum atomic E-state index is 10.3. The van der Waals surface area contributed by atoms with Crippen LogP contribution in [0.1, 0.15) is 221 Å². The minimum atomic E-state index is -0.909. The average Bonchev–Trinajstić information content (AvgIpc) is 3.00. The van der Waals surface area contributed by atoms with Gasteiger partial charge in [-0.1, -0.05) is 136 Å². The molecule has 0 rings (SSSR count). The Morgan fingerprint density at radius 3 is 0.889 bits per heavy atom. The van der Waals surface area contributed by atoms with Gasteiger partial charge in [-0.2, -0.15) is 0 Å². The summed E-state index contributed by atoms with van der Waals surface area (Å²) in [7, 11) is 0. The molecule has 5 nitrogen and oxygen atoms in total. The first-order valence-corrected chi connectivity index (χ1v) is 23.4. The fourth-order valence-electron chi connectivity index (χ4n) is 4.51. The molecule has 0 unspecified atom stereocenters. The number of carboxylic acids is 2. The van der Waals surface area contributed by atoms with Crippen LogP contribution >= 0.6 is 0 Å². The van der Waals surface area contributed by atoms with Gasteiger partial charge in [0.15, 0.2) is 0 Å². The Morgan fingerprint density at radius 2 is 0.622 bits per heavy atom. The number of aliphatic carboxylic acids is 2. The van der Waals surface area contributed by atoms with Crippen molar-refractivity contribution in [1.29, 1.82) is 0 Å². The first-order valence-electron chi connectivity index (χ1n) is 19.3. The van der Waals surface area contributed by atoms with Crippen LogP contribution in [0.3, 0.4) is 0 Å². The van der Waals surface area contributed by atoms with Crippen molar-refractivity contribution < 1.29 is 24.6 Å². The fourth-order valence-corrected chi connectivity index (χ4v) is 8.67. The Labute approximate surface area is 292 Å². The number of rotatable bonds is 30. The van der Waals surface area contributed by atoms with Crippen LogP contribution in [-0.2, 0) is 14.4 Å². The van der Waals surface area contributed by atoms with Gasteiger partial charge in [-0.3, -0.25) is 0 Å². The van der Waals surface area contributed by atoms with Gasteiger partial charge in [0.25, 0.3) is 0 Å². The standard InChI is InChI=1S/2C12H24O2.C7H14O.2C4H9.Sn/c2*1-2-3-4-5-6-7-8-9-10-11-12(13)14;1-3-4-5-6-7(2)8;2*1-3-4-2;/h2*2-11H2,1H3,(H,13,14);3-6H2,1-2H3;2*1,3-4H2,2H3;/q;;;;;+2/p-2. The van der Waals surface area contributed by atoms with Crippen molar-refractivity contribution in [3.63, 3.8) is 0 Å². The van der Waals surface area contributed by atoms with Crippen molar-refractivity contribution in [2.45, 2.75) is 230 Å². The second-order valence-corrected chi connectivity index (χ2v) is 16.8. The van der Waals surface area contributed by atoms with E-state index in [-0.39, 0.29) is 34.0 Å². The van der Waals surface area contributed by atoms with E-state index in [2.05, 4.69) is 34.6 Å². The molecule has 0 aromatic rings. The van der Waals surface area contributed by atoms with E-state index in [0.717, 1.165) is 38.5 Å². The van der Waals surface area contributed by atoms with Crippen molar-refractivity contribution in [1.82, 2.24) is 0 Å². The van der Waals surface area contributed by atoms with Crippen LogP contribution in [0.15, 0.2) is 0 Å². The molecular weight excluding hydrogens is 667 g/mol. The Morgan fingerprint density at radius 1 is 0.378 bits per heavy atom. The topological polar surface area (TPSA) is 97.3 Å². The quantitative estimate of drug-likeness (QED) is 0.0539. The minimum absolute atomic E-state index is 0.149. The summed E-state index contributed by atoms with van der Waals surface area (Å²) in [4.78, 5) is 30.5. The molecule has 0 amide bonds. The molecule has 6 heteroatoms. The third kappa shape index (κ3) is 70.9. The van der Waals surface area contributed by atoms with E-state index >= 15 is 0 Å². The normalized spacial score (nSPS) is 9.91. The van der Waals surface area contributed by atoms with Crippen molar-refractivity contribution >= 4 is 38.9 Å². The van der Waals surface area contributed by atoms with Crippen LogP contribution in [0, 0.1) is 0 Å². The maximum absolute atomic E-state index is 10.3. The third-order valence-corrected chi connectivity index (χ3v) is 11.6.